The number of benzene rings is 3. The highest BCUT2D eigenvalue weighted by molar-refractivity contribution is 7.89. The van der Waals surface area contributed by atoms with Crippen LogP contribution in [0.4, 0.5) is 5.69 Å². The van der Waals surface area contributed by atoms with Gasteiger partial charge in [0, 0.05) is 31.9 Å². The maximum Gasteiger partial charge on any atom is 0.261 e. The summed E-state index contributed by atoms with van der Waals surface area (Å²) in [6.45, 7) is 0.241. The van der Waals surface area contributed by atoms with Crippen LogP contribution in [-0.4, -0.2) is 56.0 Å². The van der Waals surface area contributed by atoms with Crippen molar-refractivity contribution >= 4 is 33.4 Å². The smallest absolute Gasteiger partial charge is 0.261 e. The van der Waals surface area contributed by atoms with Crippen molar-refractivity contribution < 1.29 is 22.8 Å². The average Bonchev–Trinajstić information content (AvgIpc) is 3.07. The van der Waals surface area contributed by atoms with E-state index in [9.17, 15) is 22.8 Å². The summed E-state index contributed by atoms with van der Waals surface area (Å²) < 4.78 is 25.8. The van der Waals surface area contributed by atoms with Crippen LogP contribution in [0, 0.1) is 0 Å². The molecule has 0 fully saturated rings. The van der Waals surface area contributed by atoms with E-state index < -0.39 is 21.8 Å². The number of hydrogen-bond donors (Lipinski definition) is 1. The van der Waals surface area contributed by atoms with Gasteiger partial charge in [0.2, 0.25) is 10.0 Å². The van der Waals surface area contributed by atoms with Gasteiger partial charge in [-0.15, -0.1) is 0 Å². The van der Waals surface area contributed by atoms with Gasteiger partial charge in [-0.25, -0.2) is 12.7 Å². The van der Waals surface area contributed by atoms with Gasteiger partial charge in [-0.3, -0.25) is 19.3 Å². The second-order valence-electron chi connectivity index (χ2n) is 8.03. The normalized spacial score (nSPS) is 13.3. The minimum absolute atomic E-state index is 0.0408. The van der Waals surface area contributed by atoms with Crippen LogP contribution in [0.3, 0.4) is 0 Å². The van der Waals surface area contributed by atoms with Gasteiger partial charge < -0.3 is 5.32 Å². The van der Waals surface area contributed by atoms with Crippen LogP contribution in [0.5, 0.6) is 0 Å². The molecule has 9 heteroatoms. The van der Waals surface area contributed by atoms with Crippen LogP contribution in [0.1, 0.15) is 36.6 Å². The lowest BCUT2D eigenvalue weighted by Crippen LogP contribution is -2.31. The predicted octanol–water partition coefficient (Wildman–Crippen LogP) is 3.03. The zero-order valence-electron chi connectivity index (χ0n) is 18.7. The SMILES string of the molecule is CN(C)S(=O)(=O)c1cccc(NC(=O)c2ccc3c(c2)C(=O)N(CCc2ccccc2)C3=O)c1. The molecular formula is C25H23N3O5S. The number of nitrogens with zero attached hydrogens (tertiary/aromatic N) is 2. The number of sulfonamides is 1. The van der Waals surface area contributed by atoms with Gasteiger partial charge in [0.25, 0.3) is 17.7 Å². The van der Waals surface area contributed by atoms with Crippen molar-refractivity contribution in [2.24, 2.45) is 0 Å². The molecule has 0 radical (unpaired) electrons. The highest BCUT2D eigenvalue weighted by atomic mass is 32.2. The van der Waals surface area contributed by atoms with Gasteiger partial charge in [0.1, 0.15) is 0 Å². The molecule has 3 aromatic carbocycles. The number of nitrogens with one attached hydrogen (secondary N) is 1. The van der Waals surface area contributed by atoms with E-state index in [1.807, 2.05) is 30.3 Å². The first-order chi connectivity index (χ1) is 16.2. The molecule has 0 saturated carbocycles. The van der Waals surface area contributed by atoms with E-state index in [0.29, 0.717) is 12.1 Å². The highest BCUT2D eigenvalue weighted by Gasteiger charge is 2.35. The third-order valence-corrected chi connectivity index (χ3v) is 7.38. The van der Waals surface area contributed by atoms with Crippen LogP contribution < -0.4 is 5.32 Å². The zero-order chi connectivity index (χ0) is 24.5. The van der Waals surface area contributed by atoms with E-state index in [2.05, 4.69) is 5.32 Å². The Labute approximate surface area is 197 Å². The van der Waals surface area contributed by atoms with Crippen LogP contribution in [0.15, 0.2) is 77.7 Å². The Hall–Kier alpha value is -3.82. The second kappa shape index (κ2) is 9.20. The fraction of sp³-hybridized carbons (Fsp3) is 0.160. The molecule has 8 nitrogen and oxygen atoms in total. The standard InChI is InChI=1S/C25H23N3O5S/c1-27(2)34(32,33)20-10-6-9-19(16-20)26-23(29)18-11-12-21-22(15-18)25(31)28(24(21)30)14-13-17-7-4-3-5-8-17/h3-12,15-16H,13-14H2,1-2H3,(H,26,29). The lowest BCUT2D eigenvalue weighted by Gasteiger charge is -2.13. The molecule has 3 aromatic rings. The van der Waals surface area contributed by atoms with E-state index in [0.717, 1.165) is 9.87 Å². The van der Waals surface area contributed by atoms with E-state index >= 15 is 0 Å². The number of amides is 3. The molecule has 1 N–H and O–H groups in total. The van der Waals surface area contributed by atoms with Gasteiger partial charge in [-0.2, -0.15) is 0 Å². The number of rotatable bonds is 7. The maximum absolute atomic E-state index is 12.9. The van der Waals surface area contributed by atoms with Crippen molar-refractivity contribution in [1.82, 2.24) is 9.21 Å². The molecule has 1 heterocycles. The number of anilines is 1. The van der Waals surface area contributed by atoms with Crippen LogP contribution in [0.2, 0.25) is 0 Å². The number of carbonyl (C=O) groups excluding carboxylic acids is 3. The molecular weight excluding hydrogens is 454 g/mol. The molecule has 0 spiro atoms. The van der Waals surface area contributed by atoms with Crippen molar-refractivity contribution in [3.05, 3.63) is 95.1 Å². The molecule has 174 valence electrons. The maximum atomic E-state index is 12.9. The quantitative estimate of drug-likeness (QED) is 0.527. The van der Waals surface area contributed by atoms with Crippen molar-refractivity contribution in [3.63, 3.8) is 0 Å². The molecule has 0 aromatic heterocycles. The first kappa shape index (κ1) is 23.3. The minimum atomic E-state index is -3.66. The van der Waals surface area contributed by atoms with Crippen molar-refractivity contribution in [2.75, 3.05) is 26.0 Å². The second-order valence-corrected chi connectivity index (χ2v) is 10.2. The van der Waals surface area contributed by atoms with Crippen LogP contribution in [-0.2, 0) is 16.4 Å². The summed E-state index contributed by atoms with van der Waals surface area (Å²) in [5.74, 6) is -1.35. The number of carbonyl (C=O) groups is 3. The Morgan fingerprint density at radius 3 is 2.29 bits per heavy atom. The Bertz CT molecular complexity index is 1380. The lowest BCUT2D eigenvalue weighted by molar-refractivity contribution is 0.0656. The minimum Gasteiger partial charge on any atom is -0.322 e. The molecule has 0 aliphatic carbocycles. The van der Waals surface area contributed by atoms with Gasteiger partial charge in [-0.05, 0) is 48.4 Å². The van der Waals surface area contributed by atoms with Crippen molar-refractivity contribution in [1.29, 1.82) is 0 Å². The molecule has 0 saturated heterocycles. The highest BCUT2D eigenvalue weighted by Crippen LogP contribution is 2.25. The number of imide groups is 1. The molecule has 34 heavy (non-hydrogen) atoms. The predicted molar refractivity (Wildman–Crippen MR) is 127 cm³/mol. The van der Waals surface area contributed by atoms with Crippen molar-refractivity contribution in [3.8, 4) is 0 Å². The fourth-order valence-electron chi connectivity index (χ4n) is 3.67. The molecule has 0 atom stereocenters. The topological polar surface area (TPSA) is 104 Å². The molecule has 4 rings (SSSR count). The molecule has 3 amide bonds. The first-order valence-corrected chi connectivity index (χ1v) is 12.0. The summed E-state index contributed by atoms with van der Waals surface area (Å²) in [7, 11) is -0.812. The van der Waals surface area contributed by atoms with Gasteiger partial charge in [0.05, 0.1) is 16.0 Å². The van der Waals surface area contributed by atoms with Gasteiger partial charge >= 0.3 is 0 Å². The summed E-state index contributed by atoms with van der Waals surface area (Å²) in [4.78, 5) is 39.7. The average molecular weight is 478 g/mol. The summed E-state index contributed by atoms with van der Waals surface area (Å²) in [6, 6.07) is 19.8. The third-order valence-electron chi connectivity index (χ3n) is 5.57. The van der Waals surface area contributed by atoms with Crippen LogP contribution in [0.25, 0.3) is 0 Å². The van der Waals surface area contributed by atoms with Gasteiger partial charge in [-0.1, -0.05) is 36.4 Å². The summed E-state index contributed by atoms with van der Waals surface area (Å²) in [5, 5.41) is 2.65. The third kappa shape index (κ3) is 4.48. The number of hydrogen-bond acceptors (Lipinski definition) is 5. The van der Waals surface area contributed by atoms with Gasteiger partial charge in [0.15, 0.2) is 0 Å². The summed E-state index contributed by atoms with van der Waals surface area (Å²) in [6.07, 6.45) is 0.534. The molecule has 0 bridgehead atoms. The first-order valence-electron chi connectivity index (χ1n) is 10.6. The Morgan fingerprint density at radius 1 is 0.882 bits per heavy atom. The lowest BCUT2D eigenvalue weighted by atomic mass is 10.1. The molecule has 1 aliphatic heterocycles. The van der Waals surface area contributed by atoms with E-state index in [1.165, 1.54) is 55.4 Å². The van der Waals surface area contributed by atoms with Crippen molar-refractivity contribution in [2.45, 2.75) is 11.3 Å². The van der Waals surface area contributed by atoms with Crippen LogP contribution >= 0.6 is 0 Å². The number of fused-ring (bicyclic) bond motifs is 1. The zero-order valence-corrected chi connectivity index (χ0v) is 19.5. The monoisotopic (exact) mass is 477 g/mol. The molecule has 0 unspecified atom stereocenters. The fourth-order valence-corrected chi connectivity index (χ4v) is 4.62. The Balaban J connectivity index is 1.51. The largest absolute Gasteiger partial charge is 0.322 e. The van der Waals surface area contributed by atoms with E-state index in [4.69, 9.17) is 0 Å². The summed E-state index contributed by atoms with van der Waals surface area (Å²) >= 11 is 0. The summed E-state index contributed by atoms with van der Waals surface area (Å²) in [5.41, 5.74) is 1.92. The Kier molecular flexibility index (Phi) is 6.32. The van der Waals surface area contributed by atoms with E-state index in [-0.39, 0.29) is 34.0 Å². The van der Waals surface area contributed by atoms with E-state index in [1.54, 1.807) is 6.07 Å². The molecule has 1 aliphatic rings. The Morgan fingerprint density at radius 2 is 1.59 bits per heavy atom.